The van der Waals surface area contributed by atoms with Crippen molar-refractivity contribution in [2.75, 3.05) is 12.9 Å². The Balaban J connectivity index is 1.47. The lowest BCUT2D eigenvalue weighted by Gasteiger charge is -2.21. The van der Waals surface area contributed by atoms with Gasteiger partial charge in [0.05, 0.1) is 12.9 Å². The molecule has 164 valence electrons. The highest BCUT2D eigenvalue weighted by Gasteiger charge is 2.32. The van der Waals surface area contributed by atoms with Crippen LogP contribution in [0.15, 0.2) is 46.2 Å². The van der Waals surface area contributed by atoms with Gasteiger partial charge in [-0.1, -0.05) is 25.1 Å². The van der Waals surface area contributed by atoms with Crippen LogP contribution in [0.3, 0.4) is 0 Å². The lowest BCUT2D eigenvalue weighted by atomic mass is 10.2. The third-order valence-electron chi connectivity index (χ3n) is 5.37. The van der Waals surface area contributed by atoms with E-state index in [1.807, 2.05) is 29.2 Å². The molecule has 0 saturated heterocycles. The predicted octanol–water partition coefficient (Wildman–Crippen LogP) is 5.10. The Hall–Kier alpha value is -2.32. The number of benzene rings is 1. The Labute approximate surface area is 191 Å². The number of unbranched alkanes of at least 4 members (excludes halogenated alkanes) is 1. The number of nitrogens with zero attached hydrogens (tertiary/aromatic N) is 4. The van der Waals surface area contributed by atoms with Gasteiger partial charge < -0.3 is 14.2 Å². The molecule has 3 aromatic rings. The zero-order valence-electron chi connectivity index (χ0n) is 18.0. The van der Waals surface area contributed by atoms with Gasteiger partial charge in [0.25, 0.3) is 0 Å². The van der Waals surface area contributed by atoms with Crippen molar-refractivity contribution in [3.63, 3.8) is 0 Å². The number of aromatic nitrogens is 3. The molecule has 2 heterocycles. The Kier molecular flexibility index (Phi) is 7.29. The van der Waals surface area contributed by atoms with Crippen LogP contribution in [0.5, 0.6) is 5.75 Å². The molecule has 0 aliphatic heterocycles. The van der Waals surface area contributed by atoms with E-state index in [1.165, 1.54) is 17.3 Å². The van der Waals surface area contributed by atoms with E-state index in [9.17, 15) is 4.79 Å². The second-order valence-electron chi connectivity index (χ2n) is 7.71. The van der Waals surface area contributed by atoms with Crippen molar-refractivity contribution in [1.82, 2.24) is 19.7 Å². The fourth-order valence-electron chi connectivity index (χ4n) is 3.46. The molecule has 1 fully saturated rings. The number of thioether (sulfide) groups is 1. The van der Waals surface area contributed by atoms with Crippen molar-refractivity contribution in [2.45, 2.75) is 56.9 Å². The summed E-state index contributed by atoms with van der Waals surface area (Å²) in [7, 11) is 1.66. The van der Waals surface area contributed by atoms with E-state index >= 15 is 0 Å². The summed E-state index contributed by atoms with van der Waals surface area (Å²) in [6.45, 7) is 3.71. The Morgan fingerprint density at radius 3 is 2.71 bits per heavy atom. The van der Waals surface area contributed by atoms with Gasteiger partial charge in [-0.2, -0.15) is 11.3 Å². The fraction of sp³-hybridized carbons (Fsp3) is 0.435. The molecule has 6 nitrogen and oxygen atoms in total. The van der Waals surface area contributed by atoms with Crippen molar-refractivity contribution < 1.29 is 9.53 Å². The van der Waals surface area contributed by atoms with E-state index in [-0.39, 0.29) is 5.91 Å². The van der Waals surface area contributed by atoms with E-state index < -0.39 is 0 Å². The highest BCUT2D eigenvalue weighted by Crippen LogP contribution is 2.31. The van der Waals surface area contributed by atoms with Crippen molar-refractivity contribution in [2.24, 2.45) is 0 Å². The molecule has 8 heteroatoms. The van der Waals surface area contributed by atoms with Crippen LogP contribution in [0.25, 0.3) is 11.4 Å². The van der Waals surface area contributed by atoms with Gasteiger partial charge in [-0.05, 0) is 65.9 Å². The van der Waals surface area contributed by atoms with Gasteiger partial charge in [0.15, 0.2) is 11.0 Å². The zero-order chi connectivity index (χ0) is 21.6. The van der Waals surface area contributed by atoms with Crippen molar-refractivity contribution in [3.8, 4) is 17.1 Å². The molecule has 0 bridgehead atoms. The van der Waals surface area contributed by atoms with Crippen LogP contribution in [-0.4, -0.2) is 44.5 Å². The number of ether oxygens (including phenoxy) is 1. The van der Waals surface area contributed by atoms with Gasteiger partial charge in [0.2, 0.25) is 5.91 Å². The molecule has 1 amide bonds. The summed E-state index contributed by atoms with van der Waals surface area (Å²) in [5.41, 5.74) is 2.21. The number of thiophene rings is 1. The van der Waals surface area contributed by atoms with E-state index in [2.05, 4.69) is 38.5 Å². The maximum absolute atomic E-state index is 13.0. The number of methoxy groups -OCH3 is 1. The minimum absolute atomic E-state index is 0.176. The SMILES string of the molecule is CCCCn1c(SCC(=O)N(Cc2ccsc2)C2CC2)nnc1-c1ccc(OC)cc1. The molecule has 0 atom stereocenters. The van der Waals surface area contributed by atoms with Crippen LogP contribution in [0.4, 0.5) is 0 Å². The number of amides is 1. The van der Waals surface area contributed by atoms with Crippen molar-refractivity contribution in [1.29, 1.82) is 0 Å². The summed E-state index contributed by atoms with van der Waals surface area (Å²) in [6, 6.07) is 10.4. The first kappa shape index (κ1) is 21.9. The molecular formula is C23H28N4O2S2. The summed E-state index contributed by atoms with van der Waals surface area (Å²) in [4.78, 5) is 15.1. The van der Waals surface area contributed by atoms with Gasteiger partial charge in [0, 0.05) is 24.7 Å². The molecule has 0 unspecified atom stereocenters. The average Bonchev–Trinajstić information content (AvgIpc) is 3.35. The van der Waals surface area contributed by atoms with Gasteiger partial charge >= 0.3 is 0 Å². The standard InChI is InChI=1S/C23H28N4O2S2/c1-3-4-12-26-22(18-5-9-20(29-2)10-6-18)24-25-23(26)31-16-21(28)27(19-7-8-19)14-17-11-13-30-15-17/h5-6,9-11,13,15,19H,3-4,7-8,12,14,16H2,1-2H3. The zero-order valence-corrected chi connectivity index (χ0v) is 19.6. The topological polar surface area (TPSA) is 60.2 Å². The molecule has 1 aliphatic carbocycles. The van der Waals surface area contributed by atoms with Crippen LogP contribution in [0, 0.1) is 0 Å². The van der Waals surface area contributed by atoms with Crippen LogP contribution in [-0.2, 0) is 17.9 Å². The molecule has 0 radical (unpaired) electrons. The quantitative estimate of drug-likeness (QED) is 0.376. The van der Waals surface area contributed by atoms with E-state index in [1.54, 1.807) is 18.4 Å². The minimum Gasteiger partial charge on any atom is -0.497 e. The van der Waals surface area contributed by atoms with Crippen LogP contribution < -0.4 is 4.74 Å². The smallest absolute Gasteiger partial charge is 0.233 e. The maximum atomic E-state index is 13.0. The van der Waals surface area contributed by atoms with Crippen LogP contribution in [0.1, 0.15) is 38.2 Å². The summed E-state index contributed by atoms with van der Waals surface area (Å²) in [5.74, 6) is 2.21. The molecule has 1 aromatic carbocycles. The van der Waals surface area contributed by atoms with Gasteiger partial charge in [-0.15, -0.1) is 10.2 Å². The molecule has 1 saturated carbocycles. The monoisotopic (exact) mass is 456 g/mol. The number of carbonyl (C=O) groups excluding carboxylic acids is 1. The fourth-order valence-corrected chi connectivity index (χ4v) is 4.97. The summed E-state index contributed by atoms with van der Waals surface area (Å²) >= 11 is 3.17. The molecule has 0 N–H and O–H groups in total. The molecule has 0 spiro atoms. The maximum Gasteiger partial charge on any atom is 0.233 e. The highest BCUT2D eigenvalue weighted by atomic mass is 32.2. The molecule has 4 rings (SSSR count). The number of hydrogen-bond donors (Lipinski definition) is 0. The van der Waals surface area contributed by atoms with Gasteiger partial charge in [-0.25, -0.2) is 0 Å². The molecule has 2 aromatic heterocycles. The Bertz CT molecular complexity index is 982. The molecule has 31 heavy (non-hydrogen) atoms. The van der Waals surface area contributed by atoms with Gasteiger partial charge in [0.1, 0.15) is 5.75 Å². The van der Waals surface area contributed by atoms with E-state index in [0.717, 1.165) is 54.5 Å². The number of carbonyl (C=O) groups is 1. The van der Waals surface area contributed by atoms with E-state index in [0.29, 0.717) is 18.3 Å². The van der Waals surface area contributed by atoms with E-state index in [4.69, 9.17) is 4.74 Å². The van der Waals surface area contributed by atoms with Crippen LogP contribution in [0.2, 0.25) is 0 Å². The lowest BCUT2D eigenvalue weighted by molar-refractivity contribution is -0.129. The minimum atomic E-state index is 0.176. The Morgan fingerprint density at radius 2 is 2.06 bits per heavy atom. The van der Waals surface area contributed by atoms with Gasteiger partial charge in [-0.3, -0.25) is 4.79 Å². The second-order valence-corrected chi connectivity index (χ2v) is 9.44. The third kappa shape index (κ3) is 5.49. The number of hydrogen-bond acceptors (Lipinski definition) is 6. The first-order valence-electron chi connectivity index (χ1n) is 10.7. The summed E-state index contributed by atoms with van der Waals surface area (Å²) < 4.78 is 7.41. The molecule has 1 aliphatic rings. The Morgan fingerprint density at radius 1 is 1.26 bits per heavy atom. The average molecular weight is 457 g/mol. The number of rotatable bonds is 11. The van der Waals surface area contributed by atoms with Crippen molar-refractivity contribution >= 4 is 29.0 Å². The first-order chi connectivity index (χ1) is 15.2. The summed E-state index contributed by atoms with van der Waals surface area (Å²) in [6.07, 6.45) is 4.33. The largest absolute Gasteiger partial charge is 0.497 e. The van der Waals surface area contributed by atoms with Crippen molar-refractivity contribution in [3.05, 3.63) is 46.7 Å². The highest BCUT2D eigenvalue weighted by molar-refractivity contribution is 7.99. The second kappa shape index (κ2) is 10.3. The predicted molar refractivity (Wildman–Crippen MR) is 126 cm³/mol. The summed E-state index contributed by atoms with van der Waals surface area (Å²) in [5, 5.41) is 13.9. The molecular weight excluding hydrogens is 428 g/mol. The third-order valence-corrected chi connectivity index (χ3v) is 7.05. The normalized spacial score (nSPS) is 13.4. The first-order valence-corrected chi connectivity index (χ1v) is 12.6. The lowest BCUT2D eigenvalue weighted by Crippen LogP contribution is -2.33. The van der Waals surface area contributed by atoms with Crippen LogP contribution >= 0.6 is 23.1 Å².